The summed E-state index contributed by atoms with van der Waals surface area (Å²) in [5.41, 5.74) is 5.16. The topological polar surface area (TPSA) is 172 Å². The second-order valence-corrected chi connectivity index (χ2v) is 14.8. The number of amides is 1. The third-order valence-electron chi connectivity index (χ3n) is 11.4. The molecule has 4 aliphatic heterocycles. The Morgan fingerprint density at radius 1 is 0.900 bits per heavy atom. The lowest BCUT2D eigenvalue weighted by atomic mass is 9.92. The van der Waals surface area contributed by atoms with E-state index < -0.39 is 18.0 Å². The van der Waals surface area contributed by atoms with Crippen LogP contribution in [0, 0.1) is 17.8 Å². The van der Waals surface area contributed by atoms with Gasteiger partial charge in [0.05, 0.1) is 6.54 Å². The lowest BCUT2D eigenvalue weighted by Gasteiger charge is -2.37. The summed E-state index contributed by atoms with van der Waals surface area (Å²) in [4.78, 5) is 50.4. The smallest absolute Gasteiger partial charge is 0.325 e. The minimum Gasteiger partial charge on any atom is -0.480 e. The Morgan fingerprint density at radius 2 is 1.60 bits per heavy atom. The third kappa shape index (κ3) is 8.05. The highest BCUT2D eigenvalue weighted by molar-refractivity contribution is 5.82. The molecule has 7 rings (SSSR count). The molecular formula is C37H52N8O5. The van der Waals surface area contributed by atoms with Crippen molar-refractivity contribution < 1.29 is 24.6 Å². The van der Waals surface area contributed by atoms with Crippen molar-refractivity contribution in [2.45, 2.75) is 76.3 Å². The number of rotatable bonds is 15. The number of hydrogen-bond donors (Lipinski definition) is 6. The standard InChI is InChI=1S/C37H52N8O5/c46-31(47)22-44-20-29-30(21-44)32(29)36(48)41-16-3-7-26-19-28(27-8-4-15-40-35(27)43-26)33(37(49)50)45-17-11-24(12-18-45)38-13-2-6-25-10-9-23-5-1-14-39-34(23)42-25/h9-10,19,24,29-30,32-33,38H,1-8,11-18,20-22H2,(H,39,42)(H,40,43)(H,41,48)(H,46,47)(H,49,50)/t29-,30+,32+,33?. The summed E-state index contributed by atoms with van der Waals surface area (Å²) in [6.45, 7) is 6.09. The fraction of sp³-hybridized carbons (Fsp3) is 0.649. The van der Waals surface area contributed by atoms with Crippen molar-refractivity contribution in [1.29, 1.82) is 0 Å². The maximum absolute atomic E-state index is 12.9. The Labute approximate surface area is 294 Å². The highest BCUT2D eigenvalue weighted by Crippen LogP contribution is 2.51. The molecule has 5 aliphatic rings. The van der Waals surface area contributed by atoms with Crippen LogP contribution in [0.1, 0.15) is 72.6 Å². The molecule has 0 spiro atoms. The molecule has 2 saturated heterocycles. The van der Waals surface area contributed by atoms with Gasteiger partial charge in [-0.2, -0.15) is 0 Å². The summed E-state index contributed by atoms with van der Waals surface area (Å²) < 4.78 is 0. The van der Waals surface area contributed by atoms with Crippen molar-refractivity contribution in [1.82, 2.24) is 30.4 Å². The predicted molar refractivity (Wildman–Crippen MR) is 189 cm³/mol. The maximum atomic E-state index is 12.9. The first-order valence-corrected chi connectivity index (χ1v) is 18.8. The van der Waals surface area contributed by atoms with Gasteiger partial charge in [0.2, 0.25) is 5.91 Å². The van der Waals surface area contributed by atoms with Crippen LogP contribution in [0.3, 0.4) is 0 Å². The number of hydrogen-bond acceptors (Lipinski definition) is 10. The van der Waals surface area contributed by atoms with Crippen molar-refractivity contribution in [3.63, 3.8) is 0 Å². The number of aryl methyl sites for hydroxylation is 3. The second-order valence-electron chi connectivity index (χ2n) is 14.8. The monoisotopic (exact) mass is 688 g/mol. The fourth-order valence-electron chi connectivity index (χ4n) is 8.75. The third-order valence-corrected chi connectivity index (χ3v) is 11.4. The van der Waals surface area contributed by atoms with Gasteiger partial charge in [-0.25, -0.2) is 9.97 Å². The zero-order valence-electron chi connectivity index (χ0n) is 29.0. The molecule has 1 amide bonds. The van der Waals surface area contributed by atoms with Crippen LogP contribution < -0.4 is 21.3 Å². The van der Waals surface area contributed by atoms with E-state index in [-0.39, 0.29) is 30.2 Å². The number of fused-ring (bicyclic) bond motifs is 3. The molecule has 0 bridgehead atoms. The Bertz CT molecular complexity index is 1550. The SMILES string of the molecule is O=C(O)CN1C[C@@H]2[C@H](C1)[C@H]2C(=O)NCCCc1cc(C(C(=O)O)N2CCC(NCCCc3ccc4c(n3)NCCC4)CC2)c2c(n1)NCCC2. The summed E-state index contributed by atoms with van der Waals surface area (Å²) in [6, 6.07) is 6.03. The minimum absolute atomic E-state index is 0.0112. The van der Waals surface area contributed by atoms with Crippen LogP contribution >= 0.6 is 0 Å². The summed E-state index contributed by atoms with van der Waals surface area (Å²) in [5, 5.41) is 33.2. The van der Waals surface area contributed by atoms with Crippen LogP contribution in [0.4, 0.5) is 11.6 Å². The molecule has 0 radical (unpaired) electrons. The predicted octanol–water partition coefficient (Wildman–Crippen LogP) is 2.32. The number of carboxylic acids is 2. The number of piperidine rings is 2. The molecule has 1 saturated carbocycles. The van der Waals surface area contributed by atoms with Crippen LogP contribution in [0.2, 0.25) is 0 Å². The molecular weight excluding hydrogens is 636 g/mol. The zero-order valence-corrected chi connectivity index (χ0v) is 29.0. The van der Waals surface area contributed by atoms with Crippen LogP contribution in [0.15, 0.2) is 18.2 Å². The molecule has 13 heteroatoms. The van der Waals surface area contributed by atoms with Gasteiger partial charge in [0.1, 0.15) is 17.7 Å². The van der Waals surface area contributed by atoms with E-state index in [0.29, 0.717) is 38.5 Å². The Kier molecular flexibility index (Phi) is 10.8. The molecule has 6 N–H and O–H groups in total. The summed E-state index contributed by atoms with van der Waals surface area (Å²) in [5.74, 6) is 0.779. The molecule has 2 aromatic heterocycles. The van der Waals surface area contributed by atoms with Gasteiger partial charge in [-0.15, -0.1) is 0 Å². The van der Waals surface area contributed by atoms with Crippen molar-refractivity contribution in [2.75, 3.05) is 69.5 Å². The molecule has 1 unspecified atom stereocenters. The zero-order chi connectivity index (χ0) is 34.6. The number of likely N-dealkylation sites (tertiary alicyclic amines) is 2. The average Bonchev–Trinajstić information content (AvgIpc) is 3.63. The summed E-state index contributed by atoms with van der Waals surface area (Å²) in [6.07, 6.45) is 9.13. The fourth-order valence-corrected chi connectivity index (χ4v) is 8.75. The van der Waals surface area contributed by atoms with Gasteiger partial charge < -0.3 is 31.5 Å². The van der Waals surface area contributed by atoms with E-state index in [1.807, 2.05) is 11.0 Å². The van der Waals surface area contributed by atoms with E-state index in [0.717, 1.165) is 118 Å². The van der Waals surface area contributed by atoms with E-state index >= 15 is 0 Å². The highest BCUT2D eigenvalue weighted by atomic mass is 16.4. The number of pyridine rings is 2. The number of carbonyl (C=O) groups is 3. The number of anilines is 2. The van der Waals surface area contributed by atoms with E-state index in [4.69, 9.17) is 15.1 Å². The number of aliphatic carboxylic acids is 2. The molecule has 3 fully saturated rings. The van der Waals surface area contributed by atoms with Crippen molar-refractivity contribution in [3.8, 4) is 0 Å². The number of nitrogens with zero attached hydrogens (tertiary/aromatic N) is 4. The first-order valence-electron chi connectivity index (χ1n) is 18.8. The molecule has 6 heterocycles. The van der Waals surface area contributed by atoms with Gasteiger partial charge >= 0.3 is 11.9 Å². The van der Waals surface area contributed by atoms with Gasteiger partial charge in [0, 0.05) is 69.2 Å². The van der Waals surface area contributed by atoms with Crippen LogP contribution in [0.25, 0.3) is 0 Å². The first kappa shape index (κ1) is 34.6. The number of aromatic nitrogens is 2. The number of carbonyl (C=O) groups excluding carboxylic acids is 1. The largest absolute Gasteiger partial charge is 0.480 e. The van der Waals surface area contributed by atoms with E-state index in [1.54, 1.807) is 0 Å². The van der Waals surface area contributed by atoms with Crippen LogP contribution in [-0.2, 0) is 40.1 Å². The molecule has 13 nitrogen and oxygen atoms in total. The molecule has 0 aromatic carbocycles. The van der Waals surface area contributed by atoms with Crippen molar-refractivity contribution in [3.05, 3.63) is 46.3 Å². The van der Waals surface area contributed by atoms with E-state index in [9.17, 15) is 19.5 Å². The van der Waals surface area contributed by atoms with Crippen molar-refractivity contribution >= 4 is 29.5 Å². The normalized spacial score (nSPS) is 23.9. The maximum Gasteiger partial charge on any atom is 0.325 e. The highest BCUT2D eigenvalue weighted by Gasteiger charge is 2.59. The quantitative estimate of drug-likeness (QED) is 0.151. The van der Waals surface area contributed by atoms with Gasteiger partial charge in [0.25, 0.3) is 0 Å². The summed E-state index contributed by atoms with van der Waals surface area (Å²) in [7, 11) is 0. The second kappa shape index (κ2) is 15.6. The molecule has 50 heavy (non-hydrogen) atoms. The molecule has 270 valence electrons. The van der Waals surface area contributed by atoms with Gasteiger partial charge in [0.15, 0.2) is 0 Å². The molecule has 4 atom stereocenters. The summed E-state index contributed by atoms with van der Waals surface area (Å²) >= 11 is 0. The average molecular weight is 689 g/mol. The van der Waals surface area contributed by atoms with Gasteiger partial charge in [-0.05, 0) is 111 Å². The van der Waals surface area contributed by atoms with Crippen LogP contribution in [-0.4, -0.2) is 113 Å². The molecule has 2 aromatic rings. The van der Waals surface area contributed by atoms with E-state index in [2.05, 4.69) is 38.3 Å². The van der Waals surface area contributed by atoms with E-state index in [1.165, 1.54) is 5.56 Å². The molecule has 1 aliphatic carbocycles. The number of nitrogens with one attached hydrogen (secondary N) is 4. The lowest BCUT2D eigenvalue weighted by molar-refractivity contribution is -0.144. The minimum atomic E-state index is -0.826. The first-order chi connectivity index (χ1) is 24.3. The van der Waals surface area contributed by atoms with Crippen molar-refractivity contribution in [2.24, 2.45) is 17.8 Å². The number of carboxylic acid groups (broad SMARTS) is 2. The Balaban J connectivity index is 0.891. The van der Waals surface area contributed by atoms with Crippen LogP contribution in [0.5, 0.6) is 0 Å². The Hall–Kier alpha value is -3.81. The van der Waals surface area contributed by atoms with Gasteiger partial charge in [-0.1, -0.05) is 6.07 Å². The van der Waals surface area contributed by atoms with Gasteiger partial charge in [-0.3, -0.25) is 24.2 Å². The lowest BCUT2D eigenvalue weighted by Crippen LogP contribution is -2.46. The Morgan fingerprint density at radius 3 is 2.36 bits per heavy atom.